The minimum absolute atomic E-state index is 0.0606. The lowest BCUT2D eigenvalue weighted by molar-refractivity contribution is -0.113. The van der Waals surface area contributed by atoms with Crippen molar-refractivity contribution < 1.29 is 9.21 Å². The first-order valence-electron chi connectivity index (χ1n) is 10.6. The molecule has 1 N–H and O–H groups in total. The third-order valence-electron chi connectivity index (χ3n) is 5.55. The average Bonchev–Trinajstić information content (AvgIpc) is 3.19. The first-order valence-corrected chi connectivity index (χ1v) is 12.0. The Morgan fingerprint density at radius 1 is 1.06 bits per heavy atom. The number of rotatable bonds is 5. The number of aromatic nitrogens is 2. The van der Waals surface area contributed by atoms with Crippen LogP contribution in [0.2, 0.25) is 5.02 Å². The molecular formula is C26H20ClN3O3S. The van der Waals surface area contributed by atoms with E-state index in [1.165, 1.54) is 16.3 Å². The lowest BCUT2D eigenvalue weighted by Gasteiger charge is -2.13. The molecule has 2 aromatic heterocycles. The summed E-state index contributed by atoms with van der Waals surface area (Å²) in [6.45, 7) is 4.00. The summed E-state index contributed by atoms with van der Waals surface area (Å²) >= 11 is 7.20. The van der Waals surface area contributed by atoms with Crippen LogP contribution in [0.25, 0.3) is 27.8 Å². The number of nitrogens with zero attached hydrogens (tertiary/aromatic N) is 2. The van der Waals surface area contributed by atoms with E-state index in [9.17, 15) is 9.59 Å². The molecule has 3 aromatic carbocycles. The van der Waals surface area contributed by atoms with Gasteiger partial charge in [0.1, 0.15) is 11.1 Å². The number of amides is 1. The number of nitrogens with one attached hydrogen (secondary N) is 1. The Labute approximate surface area is 204 Å². The molecule has 5 rings (SSSR count). The minimum atomic E-state index is -0.317. The largest absolute Gasteiger partial charge is 0.448 e. The van der Waals surface area contributed by atoms with Gasteiger partial charge in [-0.15, -0.1) is 0 Å². The third kappa shape index (κ3) is 4.20. The zero-order valence-corrected chi connectivity index (χ0v) is 20.0. The van der Waals surface area contributed by atoms with E-state index in [4.69, 9.17) is 21.0 Å². The first-order chi connectivity index (χ1) is 16.4. The van der Waals surface area contributed by atoms with Crippen LogP contribution >= 0.6 is 23.4 Å². The van der Waals surface area contributed by atoms with Gasteiger partial charge in [0.15, 0.2) is 5.16 Å². The van der Waals surface area contributed by atoms with E-state index in [2.05, 4.69) is 5.32 Å². The van der Waals surface area contributed by atoms with Crippen molar-refractivity contribution in [2.45, 2.75) is 19.0 Å². The standard InChI is InChI=1S/C26H20ClN3O3S/c1-15-10-11-19(12-16(15)2)30-25(32)24-23(20-8-3-4-9-21(20)33-24)29-26(30)34-14-22(31)28-18-7-5-6-17(27)13-18/h3-13H,14H2,1-2H3,(H,28,31). The number of carbonyl (C=O) groups excluding carboxylic acids is 1. The summed E-state index contributed by atoms with van der Waals surface area (Å²) in [4.78, 5) is 31.0. The van der Waals surface area contributed by atoms with Crippen LogP contribution in [-0.2, 0) is 4.79 Å². The summed E-state index contributed by atoms with van der Waals surface area (Å²) in [6, 6.07) is 20.1. The molecule has 0 unspecified atom stereocenters. The van der Waals surface area contributed by atoms with Crippen LogP contribution in [0, 0.1) is 13.8 Å². The number of anilines is 1. The van der Waals surface area contributed by atoms with Gasteiger partial charge in [0.25, 0.3) is 0 Å². The third-order valence-corrected chi connectivity index (χ3v) is 6.73. The Morgan fingerprint density at radius 3 is 2.68 bits per heavy atom. The second-order valence-corrected chi connectivity index (χ2v) is 9.31. The summed E-state index contributed by atoms with van der Waals surface area (Å²) in [5, 5.41) is 4.53. The highest BCUT2D eigenvalue weighted by atomic mass is 35.5. The van der Waals surface area contributed by atoms with E-state index in [1.54, 1.807) is 24.3 Å². The zero-order valence-electron chi connectivity index (χ0n) is 18.5. The summed E-state index contributed by atoms with van der Waals surface area (Å²) in [6.07, 6.45) is 0. The number of thioether (sulfide) groups is 1. The number of furan rings is 1. The predicted molar refractivity (Wildman–Crippen MR) is 137 cm³/mol. The molecule has 170 valence electrons. The quantitative estimate of drug-likeness (QED) is 0.237. The molecule has 0 fully saturated rings. The normalized spacial score (nSPS) is 11.3. The molecule has 0 aliphatic carbocycles. The molecule has 8 heteroatoms. The summed E-state index contributed by atoms with van der Waals surface area (Å²) in [5.74, 6) is -0.171. The van der Waals surface area contributed by atoms with Crippen LogP contribution in [0.3, 0.4) is 0 Å². The number of aryl methyl sites for hydroxylation is 2. The smallest absolute Gasteiger partial charge is 0.302 e. The highest BCUT2D eigenvalue weighted by molar-refractivity contribution is 7.99. The molecular weight excluding hydrogens is 470 g/mol. The number of hydrogen-bond acceptors (Lipinski definition) is 5. The summed E-state index contributed by atoms with van der Waals surface area (Å²) in [5.41, 5.74) is 4.38. The molecule has 2 heterocycles. The zero-order chi connectivity index (χ0) is 23.8. The molecule has 0 atom stereocenters. The fraction of sp³-hybridized carbons (Fsp3) is 0.115. The molecule has 0 radical (unpaired) electrons. The van der Waals surface area contributed by atoms with E-state index in [0.29, 0.717) is 32.7 Å². The van der Waals surface area contributed by atoms with Gasteiger partial charge in [-0.05, 0) is 67.4 Å². The number of carbonyl (C=O) groups is 1. The fourth-order valence-electron chi connectivity index (χ4n) is 3.70. The number of halogens is 1. The number of hydrogen-bond donors (Lipinski definition) is 1. The van der Waals surface area contributed by atoms with E-state index < -0.39 is 0 Å². The van der Waals surface area contributed by atoms with Crippen molar-refractivity contribution >= 4 is 57.0 Å². The molecule has 0 saturated heterocycles. The maximum Gasteiger partial charge on any atom is 0.302 e. The van der Waals surface area contributed by atoms with Gasteiger partial charge in [0, 0.05) is 16.1 Å². The van der Waals surface area contributed by atoms with Crippen LogP contribution in [0.15, 0.2) is 81.1 Å². The van der Waals surface area contributed by atoms with Gasteiger partial charge in [0.2, 0.25) is 11.5 Å². The Hall–Kier alpha value is -3.55. The molecule has 1 amide bonds. The molecule has 34 heavy (non-hydrogen) atoms. The molecule has 5 aromatic rings. The van der Waals surface area contributed by atoms with E-state index in [0.717, 1.165) is 16.5 Å². The minimum Gasteiger partial charge on any atom is -0.448 e. The van der Waals surface area contributed by atoms with Crippen molar-refractivity contribution in [1.82, 2.24) is 9.55 Å². The number of fused-ring (bicyclic) bond motifs is 3. The van der Waals surface area contributed by atoms with Crippen molar-refractivity contribution in [3.8, 4) is 5.69 Å². The van der Waals surface area contributed by atoms with Gasteiger partial charge < -0.3 is 9.73 Å². The van der Waals surface area contributed by atoms with Gasteiger partial charge in [0.05, 0.1) is 11.4 Å². The average molecular weight is 490 g/mol. The lowest BCUT2D eigenvalue weighted by atomic mass is 10.1. The molecule has 0 bridgehead atoms. The van der Waals surface area contributed by atoms with Gasteiger partial charge >= 0.3 is 5.56 Å². The van der Waals surface area contributed by atoms with Crippen LogP contribution in [0.1, 0.15) is 11.1 Å². The van der Waals surface area contributed by atoms with Crippen molar-refractivity contribution in [2.75, 3.05) is 11.1 Å². The van der Waals surface area contributed by atoms with E-state index >= 15 is 0 Å². The van der Waals surface area contributed by atoms with Gasteiger partial charge in [-0.25, -0.2) is 4.98 Å². The Morgan fingerprint density at radius 2 is 1.88 bits per heavy atom. The predicted octanol–water partition coefficient (Wildman–Crippen LogP) is 6.13. The second kappa shape index (κ2) is 9.00. The molecule has 0 spiro atoms. The lowest BCUT2D eigenvalue weighted by Crippen LogP contribution is -2.22. The highest BCUT2D eigenvalue weighted by Gasteiger charge is 2.20. The maximum atomic E-state index is 13.6. The monoisotopic (exact) mass is 489 g/mol. The Bertz CT molecular complexity index is 1620. The van der Waals surface area contributed by atoms with E-state index in [-0.39, 0.29) is 22.8 Å². The second-order valence-electron chi connectivity index (χ2n) is 7.93. The molecule has 0 aliphatic rings. The van der Waals surface area contributed by atoms with Gasteiger partial charge in [-0.2, -0.15) is 0 Å². The molecule has 6 nitrogen and oxygen atoms in total. The van der Waals surface area contributed by atoms with Crippen molar-refractivity contribution in [2.24, 2.45) is 0 Å². The molecule has 0 saturated carbocycles. The van der Waals surface area contributed by atoms with Gasteiger partial charge in [-0.1, -0.05) is 47.6 Å². The topological polar surface area (TPSA) is 77.1 Å². The number of benzene rings is 3. The van der Waals surface area contributed by atoms with Crippen molar-refractivity contribution in [3.05, 3.63) is 93.2 Å². The summed E-state index contributed by atoms with van der Waals surface area (Å²) < 4.78 is 7.38. The Balaban J connectivity index is 1.58. The van der Waals surface area contributed by atoms with Crippen LogP contribution < -0.4 is 10.9 Å². The first kappa shape index (κ1) is 22.3. The van der Waals surface area contributed by atoms with E-state index in [1.807, 2.05) is 56.3 Å². The van der Waals surface area contributed by atoms with Gasteiger partial charge in [-0.3, -0.25) is 14.2 Å². The van der Waals surface area contributed by atoms with Crippen molar-refractivity contribution in [1.29, 1.82) is 0 Å². The highest BCUT2D eigenvalue weighted by Crippen LogP contribution is 2.29. The van der Waals surface area contributed by atoms with Crippen LogP contribution in [0.4, 0.5) is 5.69 Å². The van der Waals surface area contributed by atoms with Crippen LogP contribution in [-0.4, -0.2) is 21.2 Å². The van der Waals surface area contributed by atoms with Crippen molar-refractivity contribution in [3.63, 3.8) is 0 Å². The fourth-order valence-corrected chi connectivity index (χ4v) is 4.70. The molecule has 0 aliphatic heterocycles. The van der Waals surface area contributed by atoms with Crippen LogP contribution in [0.5, 0.6) is 0 Å². The number of para-hydroxylation sites is 1. The Kier molecular flexibility index (Phi) is 5.89. The summed E-state index contributed by atoms with van der Waals surface area (Å²) in [7, 11) is 0. The maximum absolute atomic E-state index is 13.6. The SMILES string of the molecule is Cc1ccc(-n2c(SCC(=O)Nc3cccc(Cl)c3)nc3c(oc4ccccc43)c2=O)cc1C.